The number of hydrogen-bond donors (Lipinski definition) is 2. The second-order valence-electron chi connectivity index (χ2n) is 9.55. The highest BCUT2D eigenvalue weighted by atomic mass is 16.2. The Bertz CT molecular complexity index is 1950. The predicted octanol–water partition coefficient (Wildman–Crippen LogP) is 4.17. The summed E-state index contributed by atoms with van der Waals surface area (Å²) in [6.07, 6.45) is 4.92. The molecule has 0 spiro atoms. The maximum absolute atomic E-state index is 14.1. The van der Waals surface area contributed by atoms with Crippen molar-refractivity contribution in [2.24, 2.45) is 0 Å². The van der Waals surface area contributed by atoms with Crippen LogP contribution in [0.25, 0.3) is 27.5 Å². The molecule has 2 aromatic carbocycles. The Labute approximate surface area is 242 Å². The van der Waals surface area contributed by atoms with Crippen LogP contribution in [0.15, 0.2) is 90.5 Å². The van der Waals surface area contributed by atoms with Crippen molar-refractivity contribution in [3.05, 3.63) is 119 Å². The summed E-state index contributed by atoms with van der Waals surface area (Å²) < 4.78 is 1.51. The van der Waals surface area contributed by atoms with Gasteiger partial charge in [-0.1, -0.05) is 42.7 Å². The summed E-state index contributed by atoms with van der Waals surface area (Å²) in [5.41, 5.74) is 2.75. The summed E-state index contributed by atoms with van der Waals surface area (Å²) in [7, 11) is 0. The largest absolute Gasteiger partial charge is 0.352 e. The minimum atomic E-state index is -0.656. The van der Waals surface area contributed by atoms with Crippen LogP contribution in [0.1, 0.15) is 46.8 Å². The van der Waals surface area contributed by atoms with Crippen molar-refractivity contribution in [1.82, 2.24) is 30.2 Å². The van der Waals surface area contributed by atoms with Crippen molar-refractivity contribution < 1.29 is 9.59 Å². The van der Waals surface area contributed by atoms with Crippen molar-refractivity contribution in [2.75, 3.05) is 6.54 Å². The minimum Gasteiger partial charge on any atom is -0.352 e. The number of para-hydroxylation sites is 1. The highest BCUT2D eigenvalue weighted by Gasteiger charge is 2.23. The number of aryl methyl sites for hydroxylation is 1. The SMILES string of the molecule is C=CC(=O)NCCC#Cc1cccc2nc(C(C)NC(=O)c3c(C)ncc4cccnc34)n(-c3ccccc3)c(=O)c12. The van der Waals surface area contributed by atoms with E-state index in [9.17, 15) is 14.4 Å². The van der Waals surface area contributed by atoms with Crippen molar-refractivity contribution in [2.45, 2.75) is 26.3 Å². The third-order valence-corrected chi connectivity index (χ3v) is 6.69. The molecule has 2 amide bonds. The van der Waals surface area contributed by atoms with Crippen LogP contribution in [0.3, 0.4) is 0 Å². The molecular formula is C33H28N6O3. The van der Waals surface area contributed by atoms with E-state index in [0.717, 1.165) is 5.39 Å². The van der Waals surface area contributed by atoms with Crippen molar-refractivity contribution in [1.29, 1.82) is 0 Å². The highest BCUT2D eigenvalue weighted by Crippen LogP contribution is 2.22. The first-order valence-corrected chi connectivity index (χ1v) is 13.4. The van der Waals surface area contributed by atoms with Crippen LogP contribution in [0.4, 0.5) is 0 Å². The van der Waals surface area contributed by atoms with Gasteiger partial charge in [0.15, 0.2) is 0 Å². The molecule has 208 valence electrons. The molecule has 0 saturated carbocycles. The number of aromatic nitrogens is 4. The van der Waals surface area contributed by atoms with Crippen LogP contribution < -0.4 is 16.2 Å². The molecule has 0 aliphatic carbocycles. The van der Waals surface area contributed by atoms with Crippen molar-refractivity contribution >= 4 is 33.6 Å². The van der Waals surface area contributed by atoms with Gasteiger partial charge in [-0.3, -0.25) is 28.9 Å². The molecule has 3 aromatic heterocycles. The molecule has 1 atom stereocenters. The second kappa shape index (κ2) is 12.3. The third kappa shape index (κ3) is 5.64. The summed E-state index contributed by atoms with van der Waals surface area (Å²) in [6.45, 7) is 7.34. The van der Waals surface area contributed by atoms with E-state index in [-0.39, 0.29) is 17.4 Å². The maximum atomic E-state index is 14.1. The van der Waals surface area contributed by atoms with Crippen LogP contribution in [0.5, 0.6) is 0 Å². The quantitative estimate of drug-likeness (QED) is 0.176. The lowest BCUT2D eigenvalue weighted by Gasteiger charge is -2.20. The molecule has 1 unspecified atom stereocenters. The number of rotatable bonds is 7. The Kier molecular flexibility index (Phi) is 8.16. The van der Waals surface area contributed by atoms with Crippen LogP contribution in [-0.2, 0) is 4.79 Å². The van der Waals surface area contributed by atoms with E-state index < -0.39 is 6.04 Å². The number of benzene rings is 2. The Morgan fingerprint density at radius 3 is 2.67 bits per heavy atom. The number of nitrogens with zero attached hydrogens (tertiary/aromatic N) is 4. The standard InChI is InChI=1S/C33H28N6O3/c1-4-27(40)34-18-9-8-12-23-13-10-17-26-29(23)33(42)39(25-15-6-5-7-16-25)31(38-26)22(3)37-32(41)28-21(2)36-20-24-14-11-19-35-30(24)28/h4-7,10-11,13-17,19-20,22H,1,9,18H2,2-3H3,(H,34,40)(H,37,41). The number of amides is 2. The fourth-order valence-electron chi connectivity index (χ4n) is 4.68. The monoisotopic (exact) mass is 556 g/mol. The normalized spacial score (nSPS) is 11.4. The molecular weight excluding hydrogens is 528 g/mol. The number of nitrogens with one attached hydrogen (secondary N) is 2. The lowest BCUT2D eigenvalue weighted by molar-refractivity contribution is -0.116. The van der Waals surface area contributed by atoms with Gasteiger partial charge in [0.1, 0.15) is 5.82 Å². The maximum Gasteiger partial charge on any atom is 0.267 e. The number of pyridine rings is 2. The fourth-order valence-corrected chi connectivity index (χ4v) is 4.68. The minimum absolute atomic E-state index is 0.270. The molecule has 5 aromatic rings. The van der Waals surface area contributed by atoms with Crippen molar-refractivity contribution in [3.63, 3.8) is 0 Å². The topological polar surface area (TPSA) is 119 Å². The third-order valence-electron chi connectivity index (χ3n) is 6.69. The zero-order valence-corrected chi connectivity index (χ0v) is 23.2. The van der Waals surface area contributed by atoms with E-state index in [4.69, 9.17) is 4.98 Å². The fraction of sp³-hybridized carbons (Fsp3) is 0.152. The molecule has 9 heteroatoms. The molecule has 3 heterocycles. The van der Waals surface area contributed by atoms with E-state index in [1.165, 1.54) is 10.6 Å². The second-order valence-corrected chi connectivity index (χ2v) is 9.55. The van der Waals surface area contributed by atoms with Gasteiger partial charge in [0.05, 0.1) is 39.4 Å². The van der Waals surface area contributed by atoms with E-state index in [2.05, 4.69) is 39.0 Å². The number of carbonyl (C=O) groups excluding carboxylic acids is 2. The van der Waals surface area contributed by atoms with Crippen LogP contribution in [0, 0.1) is 18.8 Å². The number of hydrogen-bond acceptors (Lipinski definition) is 6. The average molecular weight is 557 g/mol. The Balaban J connectivity index is 1.57. The summed E-state index contributed by atoms with van der Waals surface area (Å²) in [4.78, 5) is 52.8. The van der Waals surface area contributed by atoms with E-state index in [1.54, 1.807) is 50.5 Å². The van der Waals surface area contributed by atoms with E-state index in [1.807, 2.05) is 36.4 Å². The van der Waals surface area contributed by atoms with Gasteiger partial charge in [0.2, 0.25) is 5.91 Å². The number of carbonyl (C=O) groups is 2. The highest BCUT2D eigenvalue weighted by molar-refractivity contribution is 6.06. The zero-order chi connectivity index (χ0) is 29.6. The van der Waals surface area contributed by atoms with Gasteiger partial charge in [0.25, 0.3) is 11.5 Å². The molecule has 0 radical (unpaired) electrons. The molecule has 42 heavy (non-hydrogen) atoms. The molecule has 0 aliphatic heterocycles. The molecule has 9 nitrogen and oxygen atoms in total. The Morgan fingerprint density at radius 1 is 1.07 bits per heavy atom. The van der Waals surface area contributed by atoms with Gasteiger partial charge >= 0.3 is 0 Å². The van der Waals surface area contributed by atoms with Crippen LogP contribution in [0.2, 0.25) is 0 Å². The molecule has 2 N–H and O–H groups in total. The van der Waals surface area contributed by atoms with Gasteiger partial charge < -0.3 is 10.6 Å². The van der Waals surface area contributed by atoms with Crippen LogP contribution in [-0.4, -0.2) is 37.9 Å². The molecule has 5 rings (SSSR count). The average Bonchev–Trinajstić information content (AvgIpc) is 3.00. The van der Waals surface area contributed by atoms with Gasteiger partial charge in [-0.2, -0.15) is 0 Å². The van der Waals surface area contributed by atoms with E-state index in [0.29, 0.717) is 57.7 Å². The molecule has 0 fully saturated rings. The van der Waals surface area contributed by atoms with Crippen molar-refractivity contribution in [3.8, 4) is 17.5 Å². The molecule has 0 bridgehead atoms. The molecule has 0 saturated heterocycles. The summed E-state index contributed by atoms with van der Waals surface area (Å²) >= 11 is 0. The van der Waals surface area contributed by atoms with Gasteiger partial charge in [0, 0.05) is 36.3 Å². The smallest absolute Gasteiger partial charge is 0.267 e. The first kappa shape index (κ1) is 27.9. The van der Waals surface area contributed by atoms with Gasteiger partial charge in [-0.25, -0.2) is 4.98 Å². The summed E-state index contributed by atoms with van der Waals surface area (Å²) in [6, 6.07) is 17.4. The predicted molar refractivity (Wildman–Crippen MR) is 162 cm³/mol. The molecule has 0 aliphatic rings. The Morgan fingerprint density at radius 2 is 1.88 bits per heavy atom. The van der Waals surface area contributed by atoms with Gasteiger partial charge in [-0.15, -0.1) is 0 Å². The first-order chi connectivity index (χ1) is 20.4. The Hall–Kier alpha value is -5.62. The van der Waals surface area contributed by atoms with Crippen LogP contribution >= 0.6 is 0 Å². The van der Waals surface area contributed by atoms with E-state index >= 15 is 0 Å². The summed E-state index contributed by atoms with van der Waals surface area (Å²) in [5, 5.41) is 6.81. The van der Waals surface area contributed by atoms with Gasteiger partial charge in [-0.05, 0) is 56.3 Å². The zero-order valence-electron chi connectivity index (χ0n) is 23.2. The first-order valence-electron chi connectivity index (χ1n) is 13.4. The lowest BCUT2D eigenvalue weighted by atomic mass is 10.1. The number of fused-ring (bicyclic) bond motifs is 2. The lowest BCUT2D eigenvalue weighted by Crippen LogP contribution is -2.34. The summed E-state index contributed by atoms with van der Waals surface area (Å²) in [5.74, 6) is 5.81.